The summed E-state index contributed by atoms with van der Waals surface area (Å²) in [5.41, 5.74) is 0.503. The van der Waals surface area contributed by atoms with Crippen LogP contribution in [0.2, 0.25) is 5.02 Å². The van der Waals surface area contributed by atoms with Gasteiger partial charge in [-0.1, -0.05) is 36.7 Å². The summed E-state index contributed by atoms with van der Waals surface area (Å²) in [6.07, 6.45) is 0.781. The molecule has 0 aromatic heterocycles. The lowest BCUT2D eigenvalue weighted by molar-refractivity contribution is 0.0939. The average molecular weight is 367 g/mol. The maximum Gasteiger partial charge on any atom is 0.261 e. The summed E-state index contributed by atoms with van der Waals surface area (Å²) in [6.45, 7) is 3.84. The molecule has 7 heteroatoms. The van der Waals surface area contributed by atoms with E-state index in [2.05, 4.69) is 10.0 Å². The fourth-order valence-electron chi connectivity index (χ4n) is 1.98. The number of rotatable bonds is 6. The van der Waals surface area contributed by atoms with Crippen LogP contribution in [0.4, 0.5) is 5.69 Å². The van der Waals surface area contributed by atoms with E-state index in [0.717, 1.165) is 6.42 Å². The molecule has 0 heterocycles. The number of anilines is 1. The van der Waals surface area contributed by atoms with Crippen LogP contribution in [0.5, 0.6) is 0 Å². The molecule has 0 aliphatic rings. The first-order valence-corrected chi connectivity index (χ1v) is 9.38. The van der Waals surface area contributed by atoms with E-state index >= 15 is 0 Å². The summed E-state index contributed by atoms with van der Waals surface area (Å²) in [5.74, 6) is -0.338. The topological polar surface area (TPSA) is 75.3 Å². The smallest absolute Gasteiger partial charge is 0.261 e. The molecule has 0 fully saturated rings. The van der Waals surface area contributed by atoms with Gasteiger partial charge in [-0.15, -0.1) is 0 Å². The Hall–Kier alpha value is -2.05. The fourth-order valence-corrected chi connectivity index (χ4v) is 3.25. The van der Waals surface area contributed by atoms with Crippen molar-refractivity contribution in [2.24, 2.45) is 0 Å². The molecule has 0 aliphatic heterocycles. The zero-order valence-electron chi connectivity index (χ0n) is 13.4. The van der Waals surface area contributed by atoms with Crippen molar-refractivity contribution in [2.75, 3.05) is 4.72 Å². The van der Waals surface area contributed by atoms with Crippen LogP contribution >= 0.6 is 11.6 Å². The van der Waals surface area contributed by atoms with Gasteiger partial charge < -0.3 is 5.32 Å². The van der Waals surface area contributed by atoms with E-state index in [1.807, 2.05) is 13.8 Å². The van der Waals surface area contributed by atoms with E-state index in [4.69, 9.17) is 11.6 Å². The van der Waals surface area contributed by atoms with Crippen LogP contribution in [0.15, 0.2) is 53.4 Å². The Morgan fingerprint density at radius 2 is 1.83 bits per heavy atom. The highest BCUT2D eigenvalue weighted by Gasteiger charge is 2.17. The molecule has 0 saturated heterocycles. The van der Waals surface area contributed by atoms with E-state index in [-0.39, 0.29) is 33.1 Å². The normalized spacial score (nSPS) is 12.5. The molecule has 1 atom stereocenters. The zero-order chi connectivity index (χ0) is 17.7. The minimum Gasteiger partial charge on any atom is -0.350 e. The van der Waals surface area contributed by atoms with Crippen molar-refractivity contribution in [3.8, 4) is 0 Å². The predicted octanol–water partition coefficient (Wildman–Crippen LogP) is 3.67. The number of nitrogens with one attached hydrogen (secondary N) is 2. The number of benzene rings is 2. The van der Waals surface area contributed by atoms with Gasteiger partial charge in [-0.25, -0.2) is 8.42 Å². The van der Waals surface area contributed by atoms with Crippen molar-refractivity contribution in [1.82, 2.24) is 5.32 Å². The molecule has 0 bridgehead atoms. The molecule has 0 aliphatic carbocycles. The lowest BCUT2D eigenvalue weighted by atomic mass is 10.1. The first-order valence-electron chi connectivity index (χ1n) is 7.51. The van der Waals surface area contributed by atoms with Crippen LogP contribution in [0.1, 0.15) is 30.6 Å². The molecule has 24 heavy (non-hydrogen) atoms. The average Bonchev–Trinajstić information content (AvgIpc) is 2.57. The Balaban J connectivity index is 2.27. The van der Waals surface area contributed by atoms with Gasteiger partial charge in [-0.2, -0.15) is 0 Å². The van der Waals surface area contributed by atoms with Gasteiger partial charge in [0.25, 0.3) is 15.9 Å². The van der Waals surface area contributed by atoms with E-state index in [0.29, 0.717) is 0 Å². The highest BCUT2D eigenvalue weighted by Crippen LogP contribution is 2.23. The van der Waals surface area contributed by atoms with Crippen molar-refractivity contribution < 1.29 is 13.2 Å². The quantitative estimate of drug-likeness (QED) is 0.819. The minimum atomic E-state index is -3.72. The van der Waals surface area contributed by atoms with Gasteiger partial charge in [0, 0.05) is 11.7 Å². The van der Waals surface area contributed by atoms with Crippen LogP contribution in [0, 0.1) is 0 Å². The van der Waals surface area contributed by atoms with Crippen molar-refractivity contribution >= 4 is 33.2 Å². The molecule has 1 amide bonds. The highest BCUT2D eigenvalue weighted by molar-refractivity contribution is 7.92. The van der Waals surface area contributed by atoms with Gasteiger partial charge in [-0.3, -0.25) is 9.52 Å². The third-order valence-corrected chi connectivity index (χ3v) is 5.23. The van der Waals surface area contributed by atoms with Gasteiger partial charge in [0.05, 0.1) is 15.5 Å². The number of hydrogen-bond acceptors (Lipinski definition) is 3. The number of sulfonamides is 1. The van der Waals surface area contributed by atoms with Crippen molar-refractivity contribution in [3.05, 3.63) is 59.1 Å². The number of hydrogen-bond donors (Lipinski definition) is 2. The molecular weight excluding hydrogens is 348 g/mol. The maximum atomic E-state index is 12.3. The molecule has 2 rings (SSSR count). The Morgan fingerprint density at radius 1 is 1.17 bits per heavy atom. The van der Waals surface area contributed by atoms with Gasteiger partial charge in [0.2, 0.25) is 0 Å². The first-order chi connectivity index (χ1) is 11.3. The summed E-state index contributed by atoms with van der Waals surface area (Å²) in [4.78, 5) is 12.4. The summed E-state index contributed by atoms with van der Waals surface area (Å²) in [5, 5.41) is 3.07. The zero-order valence-corrected chi connectivity index (χ0v) is 15.0. The monoisotopic (exact) mass is 366 g/mol. The van der Waals surface area contributed by atoms with E-state index in [9.17, 15) is 13.2 Å². The minimum absolute atomic E-state index is 0.00164. The van der Waals surface area contributed by atoms with Gasteiger partial charge >= 0.3 is 0 Å². The number of amides is 1. The molecule has 0 radical (unpaired) electrons. The van der Waals surface area contributed by atoms with Crippen LogP contribution < -0.4 is 10.0 Å². The lowest BCUT2D eigenvalue weighted by Gasteiger charge is -2.14. The Kier molecular flexibility index (Phi) is 5.85. The molecule has 0 saturated carbocycles. The third kappa shape index (κ3) is 4.49. The molecular formula is C17H19ClN2O3S. The summed E-state index contributed by atoms with van der Waals surface area (Å²) in [7, 11) is -3.72. The van der Waals surface area contributed by atoms with Crippen LogP contribution in [-0.4, -0.2) is 20.4 Å². The molecule has 2 aromatic carbocycles. The van der Waals surface area contributed by atoms with Crippen LogP contribution in [0.25, 0.3) is 0 Å². The van der Waals surface area contributed by atoms with Crippen molar-refractivity contribution in [2.45, 2.75) is 31.2 Å². The number of halogens is 1. The summed E-state index contributed by atoms with van der Waals surface area (Å²) < 4.78 is 27.2. The Bertz CT molecular complexity index is 823. The predicted molar refractivity (Wildman–Crippen MR) is 95.9 cm³/mol. The molecule has 5 nitrogen and oxygen atoms in total. The molecule has 128 valence electrons. The Labute approximate surface area is 147 Å². The van der Waals surface area contributed by atoms with E-state index in [1.54, 1.807) is 18.2 Å². The van der Waals surface area contributed by atoms with Crippen LogP contribution in [-0.2, 0) is 10.0 Å². The molecule has 2 N–H and O–H groups in total. The standard InChI is InChI=1S/C17H19ClN2O3S/c1-3-12(2)19-17(21)15-11-13(9-10-16(15)18)20-24(22,23)14-7-5-4-6-8-14/h4-12,20H,3H2,1-2H3,(H,19,21)/t12-/m1/s1. The van der Waals surface area contributed by atoms with Crippen molar-refractivity contribution in [1.29, 1.82) is 0 Å². The third-order valence-electron chi connectivity index (χ3n) is 3.51. The van der Waals surface area contributed by atoms with E-state index < -0.39 is 10.0 Å². The number of carbonyl (C=O) groups is 1. The second-order valence-corrected chi connectivity index (χ2v) is 7.49. The molecule has 0 unspecified atom stereocenters. The molecule has 2 aromatic rings. The van der Waals surface area contributed by atoms with Gasteiger partial charge in [0.1, 0.15) is 0 Å². The van der Waals surface area contributed by atoms with Gasteiger partial charge in [0.15, 0.2) is 0 Å². The second-order valence-electron chi connectivity index (χ2n) is 5.40. The van der Waals surface area contributed by atoms with Gasteiger partial charge in [-0.05, 0) is 43.7 Å². The largest absolute Gasteiger partial charge is 0.350 e. The Morgan fingerprint density at radius 3 is 2.46 bits per heavy atom. The summed E-state index contributed by atoms with van der Waals surface area (Å²) in [6, 6.07) is 12.4. The maximum absolute atomic E-state index is 12.3. The van der Waals surface area contributed by atoms with Crippen molar-refractivity contribution in [3.63, 3.8) is 0 Å². The second kappa shape index (κ2) is 7.68. The fraction of sp³-hybridized carbons (Fsp3) is 0.235. The molecule has 0 spiro atoms. The van der Waals surface area contributed by atoms with Crippen LogP contribution in [0.3, 0.4) is 0 Å². The lowest BCUT2D eigenvalue weighted by Crippen LogP contribution is -2.32. The first kappa shape index (κ1) is 18.3. The van der Waals surface area contributed by atoms with E-state index in [1.165, 1.54) is 30.3 Å². The SMILES string of the molecule is CC[C@@H](C)NC(=O)c1cc(NS(=O)(=O)c2ccccc2)ccc1Cl. The summed E-state index contributed by atoms with van der Waals surface area (Å²) >= 11 is 6.07. The number of carbonyl (C=O) groups excluding carboxylic acids is 1. The highest BCUT2D eigenvalue weighted by atomic mass is 35.5.